The lowest BCUT2D eigenvalue weighted by Gasteiger charge is -2.16. The minimum atomic E-state index is -0.276. The van der Waals surface area contributed by atoms with E-state index in [9.17, 15) is 5.11 Å². The van der Waals surface area contributed by atoms with Crippen LogP contribution in [-0.4, -0.2) is 36.5 Å². The molecule has 0 heterocycles. The summed E-state index contributed by atoms with van der Waals surface area (Å²) in [6.07, 6.45) is 2.24. The summed E-state index contributed by atoms with van der Waals surface area (Å²) in [6, 6.07) is 0.181. The average Bonchev–Trinajstić information content (AvgIpc) is 2.09. The summed E-state index contributed by atoms with van der Waals surface area (Å²) in [6.45, 7) is 9.69. The van der Waals surface area contributed by atoms with Crippen LogP contribution in [0.2, 0.25) is 0 Å². The lowest BCUT2D eigenvalue weighted by Crippen LogP contribution is -2.36. The zero-order chi connectivity index (χ0) is 11.0. The Hall–Kier alpha value is -0.120. The number of hydrogen-bond acceptors (Lipinski definition) is 3. The summed E-state index contributed by atoms with van der Waals surface area (Å²) >= 11 is 0. The first-order chi connectivity index (χ1) is 6.54. The highest BCUT2D eigenvalue weighted by Crippen LogP contribution is 1.95. The highest BCUT2D eigenvalue weighted by Gasteiger charge is 2.06. The predicted octanol–water partition coefficient (Wildman–Crippen LogP) is 1.55. The van der Waals surface area contributed by atoms with Crippen molar-refractivity contribution in [1.82, 2.24) is 5.32 Å². The highest BCUT2D eigenvalue weighted by atomic mass is 16.5. The number of aliphatic hydroxyl groups is 1. The molecule has 0 amide bonds. The van der Waals surface area contributed by atoms with Gasteiger partial charge in [0, 0.05) is 12.6 Å². The van der Waals surface area contributed by atoms with E-state index < -0.39 is 0 Å². The van der Waals surface area contributed by atoms with Gasteiger partial charge in [-0.15, -0.1) is 0 Å². The van der Waals surface area contributed by atoms with Crippen LogP contribution >= 0.6 is 0 Å². The molecule has 2 unspecified atom stereocenters. The lowest BCUT2D eigenvalue weighted by atomic mass is 10.2. The summed E-state index contributed by atoms with van der Waals surface area (Å²) in [4.78, 5) is 0. The van der Waals surface area contributed by atoms with Gasteiger partial charge < -0.3 is 15.2 Å². The van der Waals surface area contributed by atoms with Gasteiger partial charge in [-0.05, 0) is 47.1 Å². The van der Waals surface area contributed by atoms with E-state index in [1.54, 1.807) is 6.92 Å². The van der Waals surface area contributed by atoms with E-state index in [0.29, 0.717) is 6.10 Å². The van der Waals surface area contributed by atoms with E-state index in [2.05, 4.69) is 5.32 Å². The van der Waals surface area contributed by atoms with Crippen molar-refractivity contribution in [3.63, 3.8) is 0 Å². The number of rotatable bonds is 8. The minimum absolute atomic E-state index is 0.181. The normalized spacial score (nSPS) is 15.9. The van der Waals surface area contributed by atoms with Gasteiger partial charge >= 0.3 is 0 Å². The Kier molecular flexibility index (Phi) is 8.14. The molecule has 0 aromatic rings. The Morgan fingerprint density at radius 2 is 1.79 bits per heavy atom. The molecule has 0 aromatic heterocycles. The van der Waals surface area contributed by atoms with Crippen molar-refractivity contribution in [2.24, 2.45) is 0 Å². The van der Waals surface area contributed by atoms with Gasteiger partial charge in [-0.25, -0.2) is 0 Å². The Morgan fingerprint density at radius 3 is 2.29 bits per heavy atom. The maximum absolute atomic E-state index is 9.21. The van der Waals surface area contributed by atoms with Gasteiger partial charge in [-0.2, -0.15) is 0 Å². The first-order valence-electron chi connectivity index (χ1n) is 5.57. The average molecular weight is 203 g/mol. The molecule has 0 fully saturated rings. The Balaban J connectivity index is 3.13. The monoisotopic (exact) mass is 203 g/mol. The third kappa shape index (κ3) is 8.48. The smallest absolute Gasteiger partial charge is 0.0662 e. The second kappa shape index (κ2) is 8.21. The number of nitrogens with one attached hydrogen (secondary N) is 1. The Labute approximate surface area is 87.8 Å². The molecule has 0 rings (SSSR count). The van der Waals surface area contributed by atoms with E-state index in [1.165, 1.54) is 0 Å². The van der Waals surface area contributed by atoms with Gasteiger partial charge in [-0.3, -0.25) is 0 Å². The maximum atomic E-state index is 9.21. The molecule has 0 bridgehead atoms. The second-order valence-electron chi connectivity index (χ2n) is 4.11. The fourth-order valence-corrected chi connectivity index (χ4v) is 1.05. The second-order valence-corrected chi connectivity index (χ2v) is 4.11. The fraction of sp³-hybridized carbons (Fsp3) is 1.00. The molecule has 3 nitrogen and oxygen atoms in total. The first kappa shape index (κ1) is 13.9. The molecular formula is C11H25NO2. The van der Waals surface area contributed by atoms with Gasteiger partial charge in [0.2, 0.25) is 0 Å². The summed E-state index contributed by atoms with van der Waals surface area (Å²) in [5.74, 6) is 0. The van der Waals surface area contributed by atoms with Crippen molar-refractivity contribution in [3.8, 4) is 0 Å². The van der Waals surface area contributed by atoms with Crippen LogP contribution in [0.3, 0.4) is 0 Å². The third-order valence-corrected chi connectivity index (χ3v) is 2.21. The van der Waals surface area contributed by atoms with Gasteiger partial charge in [0.05, 0.1) is 12.2 Å². The maximum Gasteiger partial charge on any atom is 0.0662 e. The van der Waals surface area contributed by atoms with E-state index in [0.717, 1.165) is 26.0 Å². The lowest BCUT2D eigenvalue weighted by molar-refractivity contribution is 0.0756. The summed E-state index contributed by atoms with van der Waals surface area (Å²) in [7, 11) is 0. The van der Waals surface area contributed by atoms with Crippen LogP contribution in [0.25, 0.3) is 0 Å². The fourth-order valence-electron chi connectivity index (χ4n) is 1.05. The molecule has 0 aliphatic rings. The van der Waals surface area contributed by atoms with Gasteiger partial charge in [-0.1, -0.05) is 0 Å². The molecule has 14 heavy (non-hydrogen) atoms. The highest BCUT2D eigenvalue weighted by molar-refractivity contribution is 4.65. The zero-order valence-corrected chi connectivity index (χ0v) is 9.92. The van der Waals surface area contributed by atoms with Gasteiger partial charge in [0.15, 0.2) is 0 Å². The van der Waals surface area contributed by atoms with Crippen molar-refractivity contribution < 1.29 is 9.84 Å². The summed E-state index contributed by atoms with van der Waals surface area (Å²) < 4.78 is 5.42. The first-order valence-corrected chi connectivity index (χ1v) is 5.57. The van der Waals surface area contributed by atoms with Crippen LogP contribution < -0.4 is 5.32 Å². The van der Waals surface area contributed by atoms with E-state index in [4.69, 9.17) is 4.74 Å². The molecule has 0 spiro atoms. The van der Waals surface area contributed by atoms with Crippen molar-refractivity contribution in [1.29, 1.82) is 0 Å². The number of aliphatic hydroxyl groups excluding tert-OH is 1. The molecule has 0 aliphatic carbocycles. The quantitative estimate of drug-likeness (QED) is 0.588. The Bertz CT molecular complexity index is 126. The van der Waals surface area contributed by atoms with Crippen LogP contribution in [0.4, 0.5) is 0 Å². The molecular weight excluding hydrogens is 178 g/mol. The van der Waals surface area contributed by atoms with Gasteiger partial charge in [0.1, 0.15) is 0 Å². The van der Waals surface area contributed by atoms with Crippen LogP contribution in [0.1, 0.15) is 40.5 Å². The molecule has 0 aliphatic heterocycles. The molecule has 2 N–H and O–H groups in total. The largest absolute Gasteiger partial charge is 0.392 e. The minimum Gasteiger partial charge on any atom is -0.392 e. The van der Waals surface area contributed by atoms with E-state index in [-0.39, 0.29) is 12.1 Å². The van der Waals surface area contributed by atoms with Gasteiger partial charge in [0.25, 0.3) is 0 Å². The van der Waals surface area contributed by atoms with E-state index >= 15 is 0 Å². The molecule has 0 saturated heterocycles. The van der Waals surface area contributed by atoms with Crippen LogP contribution in [0.5, 0.6) is 0 Å². The van der Waals surface area contributed by atoms with Crippen molar-refractivity contribution >= 4 is 0 Å². The molecule has 0 radical (unpaired) electrons. The van der Waals surface area contributed by atoms with Crippen LogP contribution in [-0.2, 0) is 4.74 Å². The Morgan fingerprint density at radius 1 is 1.14 bits per heavy atom. The molecule has 3 heteroatoms. The molecule has 0 aromatic carbocycles. The summed E-state index contributed by atoms with van der Waals surface area (Å²) in [5.41, 5.74) is 0. The predicted molar refractivity (Wildman–Crippen MR) is 59.5 cm³/mol. The zero-order valence-electron chi connectivity index (χ0n) is 9.92. The van der Waals surface area contributed by atoms with Crippen molar-refractivity contribution in [2.45, 2.75) is 58.8 Å². The van der Waals surface area contributed by atoms with Crippen LogP contribution in [0.15, 0.2) is 0 Å². The summed E-state index contributed by atoms with van der Waals surface area (Å²) in [5, 5.41) is 12.5. The molecule has 0 saturated carbocycles. The number of ether oxygens (including phenoxy) is 1. The topological polar surface area (TPSA) is 41.5 Å². The third-order valence-electron chi connectivity index (χ3n) is 2.21. The standard InChI is InChI=1S/C11H25NO2/c1-9(2)14-8-6-5-7-12-10(3)11(4)13/h9-13H,5-8H2,1-4H3. The van der Waals surface area contributed by atoms with Crippen LogP contribution in [0, 0.1) is 0 Å². The molecule has 86 valence electrons. The number of hydrogen-bond donors (Lipinski definition) is 2. The molecule has 2 atom stereocenters. The SMILES string of the molecule is CC(C)OCCCCNC(C)C(C)O. The van der Waals surface area contributed by atoms with Crippen molar-refractivity contribution in [2.75, 3.05) is 13.2 Å². The van der Waals surface area contributed by atoms with Crippen molar-refractivity contribution in [3.05, 3.63) is 0 Å². The number of unbranched alkanes of at least 4 members (excludes halogenated alkanes) is 1. The van der Waals surface area contributed by atoms with E-state index in [1.807, 2.05) is 20.8 Å².